The highest BCUT2D eigenvalue weighted by molar-refractivity contribution is 4.84. The van der Waals surface area contributed by atoms with Crippen LogP contribution in [0.25, 0.3) is 0 Å². The average molecular weight is 168 g/mol. The quantitative estimate of drug-likeness (QED) is 0.645. The number of nitrogens with one attached hydrogen (secondary N) is 1. The summed E-state index contributed by atoms with van der Waals surface area (Å²) >= 11 is 0. The molecule has 0 amide bonds. The molecule has 4 nitrogen and oxygen atoms in total. The van der Waals surface area contributed by atoms with Gasteiger partial charge >= 0.3 is 0 Å². The minimum Gasteiger partial charge on any atom is -0.321 e. The second kappa shape index (κ2) is 4.87. The molecular formula is C8H16N4. The van der Waals surface area contributed by atoms with Crippen molar-refractivity contribution in [2.24, 2.45) is 7.05 Å². The smallest absolute Gasteiger partial charge is 0.133 e. The fourth-order valence-electron chi connectivity index (χ4n) is 1.04. The fourth-order valence-corrected chi connectivity index (χ4v) is 1.04. The Bertz CT molecular complexity index is 219. The van der Waals surface area contributed by atoms with Gasteiger partial charge in [-0.25, -0.2) is 0 Å². The lowest BCUT2D eigenvalue weighted by molar-refractivity contribution is 0.644. The number of hydrogen-bond donors (Lipinski definition) is 1. The topological polar surface area (TPSA) is 42.7 Å². The van der Waals surface area contributed by atoms with E-state index in [1.54, 1.807) is 6.33 Å². The molecule has 0 unspecified atom stereocenters. The zero-order valence-electron chi connectivity index (χ0n) is 7.75. The Balaban J connectivity index is 2.20. The van der Waals surface area contributed by atoms with Gasteiger partial charge in [-0.2, -0.15) is 0 Å². The molecule has 4 heteroatoms. The monoisotopic (exact) mass is 168 g/mol. The lowest BCUT2D eigenvalue weighted by atomic mass is 10.4. The molecule has 0 aliphatic heterocycles. The molecule has 1 aromatic heterocycles. The molecule has 12 heavy (non-hydrogen) atoms. The molecule has 0 spiro atoms. The van der Waals surface area contributed by atoms with E-state index >= 15 is 0 Å². The maximum atomic E-state index is 3.99. The second-order valence-electron chi connectivity index (χ2n) is 2.86. The molecular weight excluding hydrogens is 152 g/mol. The Labute approximate surface area is 73.0 Å². The lowest BCUT2D eigenvalue weighted by Crippen LogP contribution is -2.19. The highest BCUT2D eigenvalue weighted by Crippen LogP contribution is 1.90. The SMILES string of the molecule is CCCNCCc1nncn1C. The van der Waals surface area contributed by atoms with Crippen LogP contribution in [0.1, 0.15) is 19.2 Å². The second-order valence-corrected chi connectivity index (χ2v) is 2.86. The molecule has 1 rings (SSSR count). The molecule has 1 aromatic rings. The number of rotatable bonds is 5. The summed E-state index contributed by atoms with van der Waals surface area (Å²) < 4.78 is 1.95. The molecule has 0 bridgehead atoms. The molecule has 0 aliphatic carbocycles. The van der Waals surface area contributed by atoms with Crippen molar-refractivity contribution in [2.45, 2.75) is 19.8 Å². The minimum absolute atomic E-state index is 0.955. The van der Waals surface area contributed by atoms with Crippen molar-refractivity contribution in [2.75, 3.05) is 13.1 Å². The van der Waals surface area contributed by atoms with E-state index in [9.17, 15) is 0 Å². The van der Waals surface area contributed by atoms with E-state index in [4.69, 9.17) is 0 Å². The summed E-state index contributed by atoms with van der Waals surface area (Å²) in [4.78, 5) is 0. The molecule has 0 aromatic carbocycles. The van der Waals surface area contributed by atoms with E-state index in [1.165, 1.54) is 6.42 Å². The maximum Gasteiger partial charge on any atom is 0.133 e. The van der Waals surface area contributed by atoms with Crippen LogP contribution in [0.4, 0.5) is 0 Å². The van der Waals surface area contributed by atoms with E-state index in [-0.39, 0.29) is 0 Å². The van der Waals surface area contributed by atoms with Gasteiger partial charge in [0.05, 0.1) is 0 Å². The summed E-state index contributed by atoms with van der Waals surface area (Å²) in [6, 6.07) is 0. The summed E-state index contributed by atoms with van der Waals surface area (Å²) in [7, 11) is 1.97. The Hall–Kier alpha value is -0.900. The number of aromatic nitrogens is 3. The van der Waals surface area contributed by atoms with Crippen LogP contribution in [0.5, 0.6) is 0 Å². The van der Waals surface area contributed by atoms with Gasteiger partial charge in [0, 0.05) is 20.0 Å². The van der Waals surface area contributed by atoms with Crippen LogP contribution in [0.3, 0.4) is 0 Å². The third-order valence-corrected chi connectivity index (χ3v) is 1.76. The molecule has 1 N–H and O–H groups in total. The van der Waals surface area contributed by atoms with E-state index in [1.807, 2.05) is 11.6 Å². The van der Waals surface area contributed by atoms with Crippen LogP contribution in [-0.4, -0.2) is 27.9 Å². The van der Waals surface area contributed by atoms with Gasteiger partial charge in [-0.3, -0.25) is 0 Å². The lowest BCUT2D eigenvalue weighted by Gasteiger charge is -2.01. The van der Waals surface area contributed by atoms with Crippen LogP contribution < -0.4 is 5.32 Å². The average Bonchev–Trinajstić information content (AvgIpc) is 2.46. The van der Waals surface area contributed by atoms with E-state index < -0.39 is 0 Å². The van der Waals surface area contributed by atoms with Crippen molar-refractivity contribution in [1.29, 1.82) is 0 Å². The van der Waals surface area contributed by atoms with Crippen LogP contribution >= 0.6 is 0 Å². The molecule has 0 atom stereocenters. The molecule has 68 valence electrons. The minimum atomic E-state index is 0.955. The number of nitrogens with zero attached hydrogens (tertiary/aromatic N) is 3. The van der Waals surface area contributed by atoms with Crippen LogP contribution in [0.2, 0.25) is 0 Å². The van der Waals surface area contributed by atoms with Crippen molar-refractivity contribution < 1.29 is 0 Å². The largest absolute Gasteiger partial charge is 0.321 e. The first-order chi connectivity index (χ1) is 5.84. The van der Waals surface area contributed by atoms with Gasteiger partial charge < -0.3 is 9.88 Å². The van der Waals surface area contributed by atoms with Gasteiger partial charge in [0.25, 0.3) is 0 Å². The van der Waals surface area contributed by atoms with Gasteiger partial charge in [-0.1, -0.05) is 6.92 Å². The van der Waals surface area contributed by atoms with Gasteiger partial charge in [0.15, 0.2) is 0 Å². The Morgan fingerprint density at radius 3 is 2.92 bits per heavy atom. The van der Waals surface area contributed by atoms with Crippen molar-refractivity contribution in [3.05, 3.63) is 12.2 Å². The summed E-state index contributed by atoms with van der Waals surface area (Å²) in [6.45, 7) is 4.23. The predicted molar refractivity (Wildman–Crippen MR) is 47.9 cm³/mol. The van der Waals surface area contributed by atoms with Crippen LogP contribution in [0, 0.1) is 0 Å². The molecule has 1 heterocycles. The Morgan fingerprint density at radius 2 is 2.33 bits per heavy atom. The van der Waals surface area contributed by atoms with Crippen LogP contribution in [0.15, 0.2) is 6.33 Å². The molecule has 0 aliphatic rings. The highest BCUT2D eigenvalue weighted by Gasteiger charge is 1.98. The zero-order chi connectivity index (χ0) is 8.81. The van der Waals surface area contributed by atoms with E-state index in [0.717, 1.165) is 25.3 Å². The maximum absolute atomic E-state index is 3.99. The standard InChI is InChI=1S/C8H16N4/c1-3-5-9-6-4-8-11-10-7-12(8)2/h7,9H,3-6H2,1-2H3. The number of hydrogen-bond acceptors (Lipinski definition) is 3. The van der Waals surface area contributed by atoms with Gasteiger partial charge in [-0.15, -0.1) is 10.2 Å². The molecule has 0 saturated carbocycles. The van der Waals surface area contributed by atoms with Gasteiger partial charge in [0.2, 0.25) is 0 Å². The predicted octanol–water partition coefficient (Wildman–Crippen LogP) is 0.357. The van der Waals surface area contributed by atoms with Crippen LogP contribution in [-0.2, 0) is 13.5 Å². The third-order valence-electron chi connectivity index (χ3n) is 1.76. The van der Waals surface area contributed by atoms with E-state index in [0.29, 0.717) is 0 Å². The molecule has 0 radical (unpaired) electrons. The first kappa shape index (κ1) is 9.19. The van der Waals surface area contributed by atoms with Crippen molar-refractivity contribution >= 4 is 0 Å². The summed E-state index contributed by atoms with van der Waals surface area (Å²) in [5.41, 5.74) is 0. The normalized spacial score (nSPS) is 10.5. The summed E-state index contributed by atoms with van der Waals surface area (Å²) in [6.07, 6.45) is 3.87. The molecule has 0 fully saturated rings. The summed E-state index contributed by atoms with van der Waals surface area (Å²) in [5, 5.41) is 11.1. The van der Waals surface area contributed by atoms with Gasteiger partial charge in [0.1, 0.15) is 12.2 Å². The Kier molecular flexibility index (Phi) is 3.73. The first-order valence-electron chi connectivity index (χ1n) is 4.38. The van der Waals surface area contributed by atoms with Crippen molar-refractivity contribution in [3.8, 4) is 0 Å². The fraction of sp³-hybridized carbons (Fsp3) is 0.750. The zero-order valence-corrected chi connectivity index (χ0v) is 7.75. The first-order valence-corrected chi connectivity index (χ1v) is 4.38. The van der Waals surface area contributed by atoms with Gasteiger partial charge in [-0.05, 0) is 13.0 Å². The Morgan fingerprint density at radius 1 is 1.50 bits per heavy atom. The molecule has 0 saturated heterocycles. The third kappa shape index (κ3) is 2.62. The number of aryl methyl sites for hydroxylation is 1. The van der Waals surface area contributed by atoms with E-state index in [2.05, 4.69) is 22.4 Å². The van der Waals surface area contributed by atoms with Crippen molar-refractivity contribution in [1.82, 2.24) is 20.1 Å². The highest BCUT2D eigenvalue weighted by atomic mass is 15.2. The van der Waals surface area contributed by atoms with Crippen molar-refractivity contribution in [3.63, 3.8) is 0 Å². The summed E-state index contributed by atoms with van der Waals surface area (Å²) in [5.74, 6) is 1.04.